The molecule has 1 aliphatic heterocycles. The molecule has 4 heterocycles. The molecule has 1 amide bonds. The van der Waals surface area contributed by atoms with Crippen LogP contribution in [-0.2, 0) is 17.9 Å². The van der Waals surface area contributed by atoms with Gasteiger partial charge in [-0.1, -0.05) is 0 Å². The first-order chi connectivity index (χ1) is 12.8. The number of furan rings is 1. The molecule has 1 N–H and O–H groups in total. The lowest BCUT2D eigenvalue weighted by Crippen LogP contribution is -2.50. The van der Waals surface area contributed by atoms with Gasteiger partial charge in [-0.15, -0.1) is 21.5 Å². The number of aryl methyl sites for hydroxylation is 3. The smallest absolute Gasteiger partial charge is 0.328 e. The Morgan fingerprint density at radius 3 is 2.70 bits per heavy atom. The molecule has 4 rings (SSSR count). The van der Waals surface area contributed by atoms with Crippen LogP contribution in [0.5, 0.6) is 0 Å². The number of amides is 1. The van der Waals surface area contributed by atoms with Gasteiger partial charge in [-0.3, -0.25) is 4.79 Å². The maximum absolute atomic E-state index is 13.1. The van der Waals surface area contributed by atoms with Gasteiger partial charge in [0.1, 0.15) is 22.5 Å². The molecule has 1 unspecified atom stereocenters. The standard InChI is InChI=1S/C17H17N5O4S/c1-8-4-5-12(26-8)15-18-9(2)14(27-15)16(23)22-7-13-20-19-10(3)21(13)6-11(22)17(24)25/h4-5,11H,6-7H2,1-3H3,(H,24,25). The third kappa shape index (κ3) is 2.91. The van der Waals surface area contributed by atoms with Crippen LogP contribution in [0.4, 0.5) is 0 Å². The Balaban J connectivity index is 1.69. The fourth-order valence-electron chi connectivity index (χ4n) is 3.12. The number of carbonyl (C=O) groups is 2. The van der Waals surface area contributed by atoms with Crippen LogP contribution in [-0.4, -0.2) is 47.7 Å². The number of carboxylic acid groups (broad SMARTS) is 1. The molecule has 0 aromatic carbocycles. The molecule has 3 aromatic rings. The highest BCUT2D eigenvalue weighted by atomic mass is 32.1. The number of aromatic nitrogens is 4. The van der Waals surface area contributed by atoms with E-state index in [0.29, 0.717) is 33.0 Å². The van der Waals surface area contributed by atoms with Gasteiger partial charge in [0.25, 0.3) is 5.91 Å². The van der Waals surface area contributed by atoms with Crippen molar-refractivity contribution in [3.8, 4) is 10.8 Å². The first kappa shape index (κ1) is 17.4. The minimum atomic E-state index is -1.06. The summed E-state index contributed by atoms with van der Waals surface area (Å²) in [4.78, 5) is 31.1. The van der Waals surface area contributed by atoms with Crippen molar-refractivity contribution in [3.63, 3.8) is 0 Å². The van der Waals surface area contributed by atoms with Crippen LogP contribution in [0.3, 0.4) is 0 Å². The Morgan fingerprint density at radius 1 is 1.26 bits per heavy atom. The van der Waals surface area contributed by atoms with Crippen molar-refractivity contribution in [1.29, 1.82) is 0 Å². The summed E-state index contributed by atoms with van der Waals surface area (Å²) in [6.45, 7) is 5.53. The van der Waals surface area contributed by atoms with E-state index >= 15 is 0 Å². The monoisotopic (exact) mass is 387 g/mol. The molecule has 0 aliphatic carbocycles. The van der Waals surface area contributed by atoms with Crippen LogP contribution >= 0.6 is 11.3 Å². The van der Waals surface area contributed by atoms with Gasteiger partial charge in [0.05, 0.1) is 18.8 Å². The summed E-state index contributed by atoms with van der Waals surface area (Å²) >= 11 is 1.20. The lowest BCUT2D eigenvalue weighted by Gasteiger charge is -2.33. The normalized spacial score (nSPS) is 16.4. The predicted octanol–water partition coefficient (Wildman–Crippen LogP) is 2.03. The molecule has 3 aromatic heterocycles. The number of hydrogen-bond donors (Lipinski definition) is 1. The molecule has 0 spiro atoms. The summed E-state index contributed by atoms with van der Waals surface area (Å²) < 4.78 is 7.31. The molecule has 27 heavy (non-hydrogen) atoms. The number of carboxylic acids is 1. The number of nitrogens with zero attached hydrogens (tertiary/aromatic N) is 5. The second-order valence-corrected chi connectivity index (χ2v) is 7.40. The maximum atomic E-state index is 13.1. The minimum Gasteiger partial charge on any atom is -0.480 e. The third-order valence-corrected chi connectivity index (χ3v) is 5.70. The van der Waals surface area contributed by atoms with Crippen molar-refractivity contribution in [3.05, 3.63) is 40.1 Å². The summed E-state index contributed by atoms with van der Waals surface area (Å²) in [5.74, 6) is 1.10. The van der Waals surface area contributed by atoms with Gasteiger partial charge in [-0.25, -0.2) is 9.78 Å². The minimum absolute atomic E-state index is 0.0865. The number of rotatable bonds is 3. The van der Waals surface area contributed by atoms with Crippen molar-refractivity contribution in [1.82, 2.24) is 24.6 Å². The van der Waals surface area contributed by atoms with Crippen LogP contribution in [0.25, 0.3) is 10.8 Å². The van der Waals surface area contributed by atoms with Gasteiger partial charge in [0.15, 0.2) is 16.6 Å². The largest absolute Gasteiger partial charge is 0.480 e. The number of aliphatic carboxylic acids is 1. The zero-order valence-corrected chi connectivity index (χ0v) is 15.8. The summed E-state index contributed by atoms with van der Waals surface area (Å²) in [6, 6.07) is 2.64. The molecule has 9 nitrogen and oxygen atoms in total. The highest BCUT2D eigenvalue weighted by molar-refractivity contribution is 7.17. The maximum Gasteiger partial charge on any atom is 0.328 e. The Bertz CT molecular complexity index is 1050. The lowest BCUT2D eigenvalue weighted by molar-refractivity contribution is -0.143. The Hall–Kier alpha value is -3.01. The summed E-state index contributed by atoms with van der Waals surface area (Å²) in [7, 11) is 0. The van der Waals surface area contributed by atoms with Crippen molar-refractivity contribution < 1.29 is 19.1 Å². The summed E-state index contributed by atoms with van der Waals surface area (Å²) in [5.41, 5.74) is 0.543. The van der Waals surface area contributed by atoms with E-state index in [1.807, 2.05) is 13.0 Å². The fourth-order valence-corrected chi connectivity index (χ4v) is 4.10. The highest BCUT2D eigenvalue weighted by Crippen LogP contribution is 2.31. The van der Waals surface area contributed by atoms with Crippen LogP contribution in [0.15, 0.2) is 16.5 Å². The first-order valence-electron chi connectivity index (χ1n) is 8.32. The molecule has 140 valence electrons. The summed E-state index contributed by atoms with van der Waals surface area (Å²) in [5, 5.41) is 18.3. The predicted molar refractivity (Wildman–Crippen MR) is 95.3 cm³/mol. The van der Waals surface area contributed by atoms with Crippen LogP contribution in [0.2, 0.25) is 0 Å². The van der Waals surface area contributed by atoms with E-state index in [-0.39, 0.29) is 19.0 Å². The van der Waals surface area contributed by atoms with Crippen LogP contribution in [0, 0.1) is 20.8 Å². The molecule has 0 saturated heterocycles. The zero-order valence-electron chi connectivity index (χ0n) is 15.0. The SMILES string of the molecule is Cc1ccc(-c2nc(C)c(C(=O)N3Cc4nnc(C)n4CC3C(=O)O)s2)o1. The van der Waals surface area contributed by atoms with E-state index in [0.717, 1.165) is 5.76 Å². The topological polar surface area (TPSA) is 114 Å². The second-order valence-electron chi connectivity index (χ2n) is 6.40. The molecule has 1 atom stereocenters. The van der Waals surface area contributed by atoms with E-state index in [2.05, 4.69) is 15.2 Å². The second kappa shape index (κ2) is 6.31. The Labute approximate surface area is 158 Å². The van der Waals surface area contributed by atoms with Crippen molar-refractivity contribution in [2.24, 2.45) is 0 Å². The summed E-state index contributed by atoms with van der Waals surface area (Å²) in [6.07, 6.45) is 0. The number of fused-ring (bicyclic) bond motifs is 1. The quantitative estimate of drug-likeness (QED) is 0.731. The van der Waals surface area contributed by atoms with Crippen LogP contribution < -0.4 is 0 Å². The average Bonchev–Trinajstić information content (AvgIpc) is 3.32. The van der Waals surface area contributed by atoms with E-state index in [1.165, 1.54) is 16.2 Å². The van der Waals surface area contributed by atoms with Crippen molar-refractivity contribution >= 4 is 23.2 Å². The van der Waals surface area contributed by atoms with Gasteiger partial charge >= 0.3 is 5.97 Å². The first-order valence-corrected chi connectivity index (χ1v) is 9.13. The van der Waals surface area contributed by atoms with E-state index in [1.54, 1.807) is 24.5 Å². The van der Waals surface area contributed by atoms with Crippen LogP contribution in [0.1, 0.15) is 32.8 Å². The molecule has 0 saturated carbocycles. The zero-order chi connectivity index (χ0) is 19.3. The Morgan fingerprint density at radius 2 is 2.04 bits per heavy atom. The fraction of sp³-hybridized carbons (Fsp3) is 0.353. The molecular formula is C17H17N5O4S. The third-order valence-electron chi connectivity index (χ3n) is 4.54. The highest BCUT2D eigenvalue weighted by Gasteiger charge is 2.38. The van der Waals surface area contributed by atoms with E-state index < -0.39 is 12.0 Å². The van der Waals surface area contributed by atoms with E-state index in [9.17, 15) is 14.7 Å². The molecule has 10 heteroatoms. The molecule has 1 aliphatic rings. The molecule has 0 fully saturated rings. The van der Waals surface area contributed by atoms with Crippen molar-refractivity contribution in [2.45, 2.75) is 39.9 Å². The lowest BCUT2D eigenvalue weighted by atomic mass is 10.1. The number of thiazole rings is 1. The van der Waals surface area contributed by atoms with Gasteiger partial charge in [0, 0.05) is 0 Å². The van der Waals surface area contributed by atoms with Gasteiger partial charge in [-0.05, 0) is 32.9 Å². The van der Waals surface area contributed by atoms with Gasteiger partial charge in [0.2, 0.25) is 0 Å². The van der Waals surface area contributed by atoms with Gasteiger partial charge in [-0.2, -0.15) is 0 Å². The average molecular weight is 387 g/mol. The molecule has 0 radical (unpaired) electrons. The van der Waals surface area contributed by atoms with E-state index in [4.69, 9.17) is 4.42 Å². The Kier molecular flexibility index (Phi) is 4.06. The van der Waals surface area contributed by atoms with Crippen molar-refractivity contribution in [2.75, 3.05) is 0 Å². The number of carbonyl (C=O) groups excluding carboxylic acids is 1. The van der Waals surface area contributed by atoms with Gasteiger partial charge < -0.3 is 19.0 Å². The molecular weight excluding hydrogens is 370 g/mol. The number of hydrogen-bond acceptors (Lipinski definition) is 7. The molecule has 0 bridgehead atoms.